The van der Waals surface area contributed by atoms with Crippen LogP contribution in [0.2, 0.25) is 0 Å². The maximum absolute atomic E-state index is 13.5. The van der Waals surface area contributed by atoms with Gasteiger partial charge in [0, 0.05) is 37.2 Å². The van der Waals surface area contributed by atoms with E-state index in [0.717, 1.165) is 60.9 Å². The number of anilines is 1. The summed E-state index contributed by atoms with van der Waals surface area (Å²) in [5.74, 6) is -0.119. The van der Waals surface area contributed by atoms with Crippen molar-refractivity contribution < 1.29 is 9.18 Å². The molecule has 0 bridgehead atoms. The third-order valence-electron chi connectivity index (χ3n) is 6.04. The number of benzene rings is 2. The van der Waals surface area contributed by atoms with Gasteiger partial charge < -0.3 is 10.2 Å². The predicted molar refractivity (Wildman–Crippen MR) is 131 cm³/mol. The normalized spacial score (nSPS) is 17.8. The van der Waals surface area contributed by atoms with Crippen LogP contribution in [0.5, 0.6) is 0 Å². The number of nitrogens with one attached hydrogen (secondary N) is 1. The number of aryl methyl sites for hydroxylation is 1. The van der Waals surface area contributed by atoms with Crippen molar-refractivity contribution in [2.45, 2.75) is 38.8 Å². The topological polar surface area (TPSA) is 57.1 Å². The van der Waals surface area contributed by atoms with Gasteiger partial charge in [-0.05, 0) is 54.9 Å². The van der Waals surface area contributed by atoms with Crippen molar-refractivity contribution in [1.82, 2.24) is 4.90 Å². The molecule has 7 heteroatoms. The summed E-state index contributed by atoms with van der Waals surface area (Å²) in [7, 11) is 0. The molecule has 1 fully saturated rings. The maximum Gasteiger partial charge on any atom is 0.234 e. The van der Waals surface area contributed by atoms with Gasteiger partial charge in [-0.1, -0.05) is 37.7 Å². The summed E-state index contributed by atoms with van der Waals surface area (Å²) in [6.07, 6.45) is 2.67. The minimum atomic E-state index is -0.468. The molecule has 0 unspecified atom stereocenters. The molecule has 2 aromatic rings. The number of hydrogen-bond acceptors (Lipinski definition) is 5. The molecule has 2 aromatic carbocycles. The fourth-order valence-electron chi connectivity index (χ4n) is 4.03. The third-order valence-corrected chi connectivity index (χ3v) is 7.00. The van der Waals surface area contributed by atoms with Crippen LogP contribution in [0.15, 0.2) is 58.5 Å². The number of carbonyl (C=O) groups is 1. The summed E-state index contributed by atoms with van der Waals surface area (Å²) in [5.41, 5.74) is 3.15. The molecule has 0 aromatic heterocycles. The SMILES string of the molecule is CCc1ccc(NC(=O)CSC2=NC3(CCN(CC)CC3)N=C2c2ccc(F)cc2)cc1. The van der Waals surface area contributed by atoms with E-state index in [9.17, 15) is 9.18 Å². The molecule has 0 atom stereocenters. The van der Waals surface area contributed by atoms with E-state index in [4.69, 9.17) is 9.98 Å². The van der Waals surface area contributed by atoms with E-state index in [1.54, 1.807) is 12.1 Å². The van der Waals surface area contributed by atoms with Crippen molar-refractivity contribution in [3.05, 3.63) is 65.5 Å². The van der Waals surface area contributed by atoms with Crippen LogP contribution < -0.4 is 5.32 Å². The summed E-state index contributed by atoms with van der Waals surface area (Å²) in [6.45, 7) is 7.19. The van der Waals surface area contributed by atoms with E-state index in [2.05, 4.69) is 24.1 Å². The Morgan fingerprint density at radius 3 is 2.38 bits per heavy atom. The minimum Gasteiger partial charge on any atom is -0.325 e. The van der Waals surface area contributed by atoms with Gasteiger partial charge >= 0.3 is 0 Å². The first-order valence-corrected chi connectivity index (χ1v) is 12.2. The maximum atomic E-state index is 13.5. The van der Waals surface area contributed by atoms with E-state index < -0.39 is 5.66 Å². The summed E-state index contributed by atoms with van der Waals surface area (Å²) >= 11 is 1.40. The van der Waals surface area contributed by atoms with Crippen molar-refractivity contribution >= 4 is 34.1 Å². The Morgan fingerprint density at radius 1 is 1.06 bits per heavy atom. The number of rotatable bonds is 6. The largest absolute Gasteiger partial charge is 0.325 e. The van der Waals surface area contributed by atoms with Gasteiger partial charge in [-0.15, -0.1) is 0 Å². The fourth-order valence-corrected chi connectivity index (χ4v) is 4.90. The first-order chi connectivity index (χ1) is 15.5. The molecule has 2 heterocycles. The van der Waals surface area contributed by atoms with E-state index in [0.29, 0.717) is 0 Å². The van der Waals surface area contributed by atoms with Crippen molar-refractivity contribution in [2.24, 2.45) is 9.98 Å². The number of piperidine rings is 1. The van der Waals surface area contributed by atoms with Crippen LogP contribution in [0.1, 0.15) is 37.8 Å². The van der Waals surface area contributed by atoms with Crippen LogP contribution in [0.3, 0.4) is 0 Å². The monoisotopic (exact) mass is 452 g/mol. The van der Waals surface area contributed by atoms with Crippen molar-refractivity contribution in [3.8, 4) is 0 Å². The molecule has 2 aliphatic rings. The summed E-state index contributed by atoms with van der Waals surface area (Å²) in [4.78, 5) is 25.0. The van der Waals surface area contributed by atoms with Gasteiger partial charge in [0.25, 0.3) is 0 Å². The molecule has 5 nitrogen and oxygen atoms in total. The molecule has 0 saturated carbocycles. The van der Waals surface area contributed by atoms with Gasteiger partial charge in [0.1, 0.15) is 10.9 Å². The zero-order chi connectivity index (χ0) is 22.6. The molecular weight excluding hydrogens is 423 g/mol. The lowest BCUT2D eigenvalue weighted by Gasteiger charge is -2.34. The Labute approximate surface area is 193 Å². The second-order valence-electron chi connectivity index (χ2n) is 8.19. The number of hydrogen-bond donors (Lipinski definition) is 1. The van der Waals surface area contributed by atoms with Crippen molar-refractivity contribution in [3.63, 3.8) is 0 Å². The fraction of sp³-hybridized carbons (Fsp3) is 0.400. The number of amides is 1. The van der Waals surface area contributed by atoms with E-state index >= 15 is 0 Å². The molecule has 1 saturated heterocycles. The Bertz CT molecular complexity index is 1010. The third kappa shape index (κ3) is 5.27. The van der Waals surface area contributed by atoms with E-state index in [1.165, 1.54) is 29.5 Å². The first-order valence-electron chi connectivity index (χ1n) is 11.2. The lowest BCUT2D eigenvalue weighted by atomic mass is 9.98. The van der Waals surface area contributed by atoms with Gasteiger partial charge in [0.05, 0.1) is 11.5 Å². The zero-order valence-electron chi connectivity index (χ0n) is 18.6. The van der Waals surface area contributed by atoms with Gasteiger partial charge in [-0.2, -0.15) is 0 Å². The van der Waals surface area contributed by atoms with Crippen molar-refractivity contribution in [2.75, 3.05) is 30.7 Å². The molecule has 0 radical (unpaired) electrons. The molecule has 0 aliphatic carbocycles. The second kappa shape index (κ2) is 9.96. The van der Waals surface area contributed by atoms with E-state index in [1.807, 2.05) is 24.3 Å². The summed E-state index contributed by atoms with van der Waals surface area (Å²) in [5, 5.41) is 3.71. The molecule has 1 amide bonds. The Balaban J connectivity index is 1.48. The molecule has 32 heavy (non-hydrogen) atoms. The average Bonchev–Trinajstić information content (AvgIpc) is 3.17. The number of nitrogens with zero attached hydrogens (tertiary/aromatic N) is 3. The molecule has 168 valence electrons. The second-order valence-corrected chi connectivity index (χ2v) is 9.15. The lowest BCUT2D eigenvalue weighted by Crippen LogP contribution is -2.41. The van der Waals surface area contributed by atoms with Crippen LogP contribution in [0.25, 0.3) is 0 Å². The highest BCUT2D eigenvalue weighted by Gasteiger charge is 2.39. The van der Waals surface area contributed by atoms with E-state index in [-0.39, 0.29) is 17.5 Å². The molecule has 1 spiro atoms. The highest BCUT2D eigenvalue weighted by molar-refractivity contribution is 8.16. The van der Waals surface area contributed by atoms with Crippen LogP contribution in [0, 0.1) is 5.82 Å². The number of likely N-dealkylation sites (tertiary alicyclic amines) is 1. The molecule has 2 aliphatic heterocycles. The summed E-state index contributed by atoms with van der Waals surface area (Å²) in [6, 6.07) is 14.3. The molecule has 4 rings (SSSR count). The van der Waals surface area contributed by atoms with Crippen molar-refractivity contribution in [1.29, 1.82) is 0 Å². The number of carbonyl (C=O) groups excluding carboxylic acids is 1. The Morgan fingerprint density at radius 2 is 1.75 bits per heavy atom. The number of thioether (sulfide) groups is 1. The molecule has 1 N–H and O–H groups in total. The molecular formula is C25H29FN4OS. The van der Waals surface area contributed by atoms with Gasteiger partial charge in [0.2, 0.25) is 5.91 Å². The minimum absolute atomic E-state index is 0.0813. The smallest absolute Gasteiger partial charge is 0.234 e. The van der Waals surface area contributed by atoms with Crippen LogP contribution in [0.4, 0.5) is 10.1 Å². The van der Waals surface area contributed by atoms with Crippen LogP contribution in [-0.4, -0.2) is 52.6 Å². The van der Waals surface area contributed by atoms with Crippen LogP contribution in [-0.2, 0) is 11.2 Å². The standard InChI is InChI=1S/C25H29FN4OS/c1-3-18-5-11-21(12-6-18)27-22(31)17-32-24-23(19-7-9-20(26)10-8-19)28-25(29-24)13-15-30(4-2)16-14-25/h5-12H,3-4,13-17H2,1-2H3,(H,27,31). The van der Waals surface area contributed by atoms with Gasteiger partial charge in [0.15, 0.2) is 5.66 Å². The Kier molecular flexibility index (Phi) is 7.06. The zero-order valence-corrected chi connectivity index (χ0v) is 19.4. The quantitative estimate of drug-likeness (QED) is 0.687. The first kappa shape index (κ1) is 22.7. The van der Waals surface area contributed by atoms with Crippen LogP contribution >= 0.6 is 11.8 Å². The van der Waals surface area contributed by atoms with Gasteiger partial charge in [-0.3, -0.25) is 9.79 Å². The number of halogens is 1. The highest BCUT2D eigenvalue weighted by Crippen LogP contribution is 2.35. The average molecular weight is 453 g/mol. The Hall–Kier alpha value is -2.51. The predicted octanol–water partition coefficient (Wildman–Crippen LogP) is 4.77. The van der Waals surface area contributed by atoms with Gasteiger partial charge in [-0.25, -0.2) is 9.38 Å². The highest BCUT2D eigenvalue weighted by atomic mass is 32.2. The number of aliphatic imine (C=N–C) groups is 2. The summed E-state index contributed by atoms with van der Waals surface area (Å²) < 4.78 is 13.5. The lowest BCUT2D eigenvalue weighted by molar-refractivity contribution is -0.113.